The minimum Gasteiger partial charge on any atom is -0.496 e. The van der Waals surface area contributed by atoms with Crippen LogP contribution in [0.1, 0.15) is 29.8 Å². The summed E-state index contributed by atoms with van der Waals surface area (Å²) in [6.45, 7) is 3.51. The average Bonchev–Trinajstić information content (AvgIpc) is 2.90. The van der Waals surface area contributed by atoms with E-state index in [0.717, 1.165) is 5.56 Å². The number of carbonyl (C=O) groups is 2. The molecule has 3 rings (SSSR count). The van der Waals surface area contributed by atoms with Crippen LogP contribution in [-0.2, 0) is 4.79 Å². The highest BCUT2D eigenvalue weighted by Gasteiger charge is 2.28. The highest BCUT2D eigenvalue weighted by molar-refractivity contribution is 6.14. The quantitative estimate of drug-likeness (QED) is 0.481. The maximum atomic E-state index is 12.5. The number of para-hydroxylation sites is 1. The van der Waals surface area contributed by atoms with Gasteiger partial charge in [0, 0.05) is 11.6 Å². The molecule has 0 amide bonds. The Morgan fingerprint density at radius 3 is 2.64 bits per heavy atom. The van der Waals surface area contributed by atoms with Crippen molar-refractivity contribution in [2.45, 2.75) is 13.8 Å². The molecule has 128 valence electrons. The fourth-order valence-corrected chi connectivity index (χ4v) is 2.39. The second-order valence-electron chi connectivity index (χ2n) is 5.92. The first-order valence-corrected chi connectivity index (χ1v) is 7.92. The van der Waals surface area contributed by atoms with Crippen molar-refractivity contribution < 1.29 is 23.8 Å². The van der Waals surface area contributed by atoms with Gasteiger partial charge in [0.25, 0.3) is 0 Å². The van der Waals surface area contributed by atoms with Crippen molar-refractivity contribution in [3.05, 3.63) is 59.4 Å². The van der Waals surface area contributed by atoms with Crippen LogP contribution in [0, 0.1) is 5.92 Å². The SMILES string of the molecule is COc1ccccc1C=C1Oc2cc(OC(=O)C(C)C)ccc2C1=O. The summed E-state index contributed by atoms with van der Waals surface area (Å²) in [6.07, 6.45) is 1.64. The number of hydrogen-bond acceptors (Lipinski definition) is 5. The summed E-state index contributed by atoms with van der Waals surface area (Å²) in [4.78, 5) is 24.2. The predicted molar refractivity (Wildman–Crippen MR) is 92.8 cm³/mol. The molecule has 5 nitrogen and oxygen atoms in total. The number of carbonyl (C=O) groups excluding carboxylic acids is 2. The summed E-state index contributed by atoms with van der Waals surface area (Å²) in [5, 5.41) is 0. The van der Waals surface area contributed by atoms with Crippen molar-refractivity contribution in [2.75, 3.05) is 7.11 Å². The Kier molecular flexibility index (Phi) is 4.57. The lowest BCUT2D eigenvalue weighted by Gasteiger charge is -2.07. The van der Waals surface area contributed by atoms with E-state index in [9.17, 15) is 9.59 Å². The zero-order valence-electron chi connectivity index (χ0n) is 14.2. The number of benzene rings is 2. The number of esters is 1. The Hall–Kier alpha value is -3.08. The lowest BCUT2D eigenvalue weighted by atomic mass is 10.1. The van der Waals surface area contributed by atoms with Crippen LogP contribution in [0.3, 0.4) is 0 Å². The van der Waals surface area contributed by atoms with E-state index in [1.54, 1.807) is 45.2 Å². The topological polar surface area (TPSA) is 61.8 Å². The number of fused-ring (bicyclic) bond motifs is 1. The zero-order chi connectivity index (χ0) is 18.0. The molecule has 1 aliphatic heterocycles. The van der Waals surface area contributed by atoms with Gasteiger partial charge in [-0.05, 0) is 24.3 Å². The van der Waals surface area contributed by atoms with Gasteiger partial charge in [0.1, 0.15) is 17.2 Å². The molecule has 1 aliphatic rings. The molecule has 0 saturated carbocycles. The maximum absolute atomic E-state index is 12.5. The number of ether oxygens (including phenoxy) is 3. The lowest BCUT2D eigenvalue weighted by Crippen LogP contribution is -2.14. The van der Waals surface area contributed by atoms with Gasteiger partial charge >= 0.3 is 5.97 Å². The van der Waals surface area contributed by atoms with Gasteiger partial charge in [-0.2, -0.15) is 0 Å². The van der Waals surface area contributed by atoms with Crippen molar-refractivity contribution in [2.24, 2.45) is 5.92 Å². The third-order valence-corrected chi connectivity index (χ3v) is 3.76. The van der Waals surface area contributed by atoms with E-state index in [4.69, 9.17) is 14.2 Å². The zero-order valence-corrected chi connectivity index (χ0v) is 14.2. The second kappa shape index (κ2) is 6.81. The second-order valence-corrected chi connectivity index (χ2v) is 5.92. The molecular weight excluding hydrogens is 320 g/mol. The molecule has 5 heteroatoms. The molecule has 0 atom stereocenters. The molecule has 0 saturated heterocycles. The number of Topliss-reactive ketones (excluding diaryl/α,β-unsaturated/α-hetero) is 1. The van der Waals surface area contributed by atoms with Crippen molar-refractivity contribution >= 4 is 17.8 Å². The van der Waals surface area contributed by atoms with Gasteiger partial charge in [-0.1, -0.05) is 32.0 Å². The summed E-state index contributed by atoms with van der Waals surface area (Å²) in [5.41, 5.74) is 1.18. The number of allylic oxidation sites excluding steroid dienone is 1. The van der Waals surface area contributed by atoms with E-state index in [0.29, 0.717) is 22.8 Å². The van der Waals surface area contributed by atoms with E-state index in [1.807, 2.05) is 24.3 Å². The molecule has 0 bridgehead atoms. The Labute approximate surface area is 145 Å². The van der Waals surface area contributed by atoms with Crippen LogP contribution in [0.15, 0.2) is 48.2 Å². The van der Waals surface area contributed by atoms with Gasteiger partial charge in [0.2, 0.25) is 5.78 Å². The third kappa shape index (κ3) is 3.40. The summed E-state index contributed by atoms with van der Waals surface area (Å²) < 4.78 is 16.2. The molecule has 2 aromatic carbocycles. The number of rotatable bonds is 4. The third-order valence-electron chi connectivity index (χ3n) is 3.76. The number of methoxy groups -OCH3 is 1. The van der Waals surface area contributed by atoms with E-state index in [1.165, 1.54) is 0 Å². The molecule has 1 heterocycles. The van der Waals surface area contributed by atoms with E-state index in [-0.39, 0.29) is 23.4 Å². The molecule has 25 heavy (non-hydrogen) atoms. The maximum Gasteiger partial charge on any atom is 0.313 e. The van der Waals surface area contributed by atoms with Crippen LogP contribution in [-0.4, -0.2) is 18.9 Å². The number of ketones is 1. The van der Waals surface area contributed by atoms with E-state index < -0.39 is 0 Å². The summed E-state index contributed by atoms with van der Waals surface area (Å²) >= 11 is 0. The fourth-order valence-electron chi connectivity index (χ4n) is 2.39. The molecule has 2 aromatic rings. The first-order chi connectivity index (χ1) is 12.0. The van der Waals surface area contributed by atoms with Crippen molar-refractivity contribution in [3.8, 4) is 17.2 Å². The smallest absolute Gasteiger partial charge is 0.313 e. The van der Waals surface area contributed by atoms with Gasteiger partial charge in [-0.25, -0.2) is 0 Å². The average molecular weight is 338 g/mol. The van der Waals surface area contributed by atoms with Crippen LogP contribution in [0.25, 0.3) is 6.08 Å². The standard InChI is InChI=1S/C20H18O5/c1-12(2)20(22)24-14-8-9-15-17(11-14)25-18(19(15)21)10-13-6-4-5-7-16(13)23-3/h4-12H,1-3H3. The van der Waals surface area contributed by atoms with Crippen LogP contribution < -0.4 is 14.2 Å². The molecule has 0 radical (unpaired) electrons. The monoisotopic (exact) mass is 338 g/mol. The predicted octanol–water partition coefficient (Wildman–Crippen LogP) is 3.87. The Morgan fingerprint density at radius 2 is 1.92 bits per heavy atom. The summed E-state index contributed by atoms with van der Waals surface area (Å²) in [7, 11) is 1.57. The largest absolute Gasteiger partial charge is 0.496 e. The molecule has 0 fully saturated rings. The van der Waals surface area contributed by atoms with Crippen LogP contribution in [0.4, 0.5) is 0 Å². The van der Waals surface area contributed by atoms with Crippen LogP contribution in [0.5, 0.6) is 17.2 Å². The number of hydrogen-bond donors (Lipinski definition) is 0. The van der Waals surface area contributed by atoms with Crippen molar-refractivity contribution in [1.82, 2.24) is 0 Å². The summed E-state index contributed by atoms with van der Waals surface area (Å²) in [6, 6.07) is 12.1. The van der Waals surface area contributed by atoms with Crippen LogP contribution >= 0.6 is 0 Å². The van der Waals surface area contributed by atoms with Gasteiger partial charge in [-0.15, -0.1) is 0 Å². The summed E-state index contributed by atoms with van der Waals surface area (Å²) in [5.74, 6) is 0.776. The van der Waals surface area contributed by atoms with Gasteiger partial charge in [0.05, 0.1) is 18.6 Å². The highest BCUT2D eigenvalue weighted by atomic mass is 16.5. The van der Waals surface area contributed by atoms with Gasteiger partial charge in [-0.3, -0.25) is 9.59 Å². The first-order valence-electron chi connectivity index (χ1n) is 7.92. The first kappa shape index (κ1) is 16.8. The van der Waals surface area contributed by atoms with Crippen molar-refractivity contribution in [1.29, 1.82) is 0 Å². The lowest BCUT2D eigenvalue weighted by molar-refractivity contribution is -0.137. The minimum atomic E-state index is -0.339. The van der Waals surface area contributed by atoms with Gasteiger partial charge < -0.3 is 14.2 Å². The van der Waals surface area contributed by atoms with Gasteiger partial charge in [0.15, 0.2) is 5.76 Å². The molecule has 0 aliphatic carbocycles. The Bertz CT molecular complexity index is 864. The van der Waals surface area contributed by atoms with E-state index >= 15 is 0 Å². The Morgan fingerprint density at radius 1 is 1.16 bits per heavy atom. The molecular formula is C20H18O5. The Balaban J connectivity index is 1.88. The fraction of sp³-hybridized carbons (Fsp3) is 0.200. The molecule has 0 aromatic heterocycles. The normalized spacial score (nSPS) is 14.4. The van der Waals surface area contributed by atoms with Crippen molar-refractivity contribution in [3.63, 3.8) is 0 Å². The molecule has 0 N–H and O–H groups in total. The molecule has 0 unspecified atom stereocenters. The minimum absolute atomic E-state index is 0.201. The molecule has 0 spiro atoms. The van der Waals surface area contributed by atoms with E-state index in [2.05, 4.69) is 0 Å². The highest BCUT2D eigenvalue weighted by Crippen LogP contribution is 2.35. The van der Waals surface area contributed by atoms with Crippen LogP contribution in [0.2, 0.25) is 0 Å².